The molecule has 9 nitrogen and oxygen atoms in total. The molecule has 9 heteroatoms. The van der Waals surface area contributed by atoms with E-state index in [1.165, 1.54) is 0 Å². The zero-order valence-corrected chi connectivity index (χ0v) is 16.8. The molecule has 3 N–H and O–H groups in total. The second-order valence-corrected chi connectivity index (χ2v) is 7.72. The number of anilines is 1. The number of rotatable bonds is 10. The van der Waals surface area contributed by atoms with Crippen molar-refractivity contribution in [1.82, 2.24) is 25.7 Å². The third kappa shape index (κ3) is 6.12. The number of nitrogens with one attached hydrogen (secondary N) is 2. The molecule has 1 heterocycles. The number of carbonyl (C=O) groups excluding carboxylic acids is 2. The lowest BCUT2D eigenvalue weighted by Crippen LogP contribution is -2.41. The summed E-state index contributed by atoms with van der Waals surface area (Å²) in [7, 11) is 0. The summed E-state index contributed by atoms with van der Waals surface area (Å²) in [6.07, 6.45) is 2.56. The normalized spacial score (nSPS) is 12.5. The average molecular weight is 388 g/mol. The van der Waals surface area contributed by atoms with Crippen LogP contribution in [0.25, 0.3) is 11.0 Å². The van der Waals surface area contributed by atoms with E-state index in [1.807, 2.05) is 25.1 Å². The van der Waals surface area contributed by atoms with Crippen LogP contribution < -0.4 is 10.9 Å². The summed E-state index contributed by atoms with van der Waals surface area (Å²) in [5, 5.41) is 18.0. The highest BCUT2D eigenvalue weighted by Crippen LogP contribution is 2.28. The fourth-order valence-electron chi connectivity index (χ4n) is 2.63. The van der Waals surface area contributed by atoms with Crippen LogP contribution in [0.5, 0.6) is 0 Å². The van der Waals surface area contributed by atoms with Gasteiger partial charge in [0.15, 0.2) is 0 Å². The molecule has 1 aromatic carbocycles. The van der Waals surface area contributed by atoms with Gasteiger partial charge in [-0.15, -0.1) is 10.2 Å². The van der Waals surface area contributed by atoms with Gasteiger partial charge in [-0.3, -0.25) is 25.6 Å². The van der Waals surface area contributed by atoms with Gasteiger partial charge in [0.05, 0.1) is 18.0 Å². The Hall–Kier alpha value is -2.81. The second kappa shape index (κ2) is 9.41. The molecule has 1 atom stereocenters. The molecule has 2 aromatic rings. The maximum atomic E-state index is 12.6. The highest BCUT2D eigenvalue weighted by molar-refractivity contribution is 5.80. The lowest BCUT2D eigenvalue weighted by atomic mass is 9.82. The summed E-state index contributed by atoms with van der Waals surface area (Å²) in [6.45, 7) is 8.19. The predicted octanol–water partition coefficient (Wildman–Crippen LogP) is 2.46. The molecular formula is C19H28N6O3. The van der Waals surface area contributed by atoms with E-state index in [1.54, 1.807) is 0 Å². The van der Waals surface area contributed by atoms with Gasteiger partial charge in [-0.1, -0.05) is 33.3 Å². The van der Waals surface area contributed by atoms with E-state index in [4.69, 9.17) is 0 Å². The van der Waals surface area contributed by atoms with Gasteiger partial charge in [-0.25, -0.2) is 10.0 Å². The Morgan fingerprint density at radius 3 is 2.75 bits per heavy atom. The van der Waals surface area contributed by atoms with Crippen LogP contribution in [0.4, 0.5) is 5.95 Å². The molecule has 0 aliphatic heterocycles. The molecule has 2 amide bonds. The number of hydrazine groups is 1. The van der Waals surface area contributed by atoms with Gasteiger partial charge >= 0.3 is 0 Å². The van der Waals surface area contributed by atoms with Crippen LogP contribution in [0.15, 0.2) is 18.2 Å². The topological polar surface area (TPSA) is 120 Å². The van der Waals surface area contributed by atoms with E-state index in [0.29, 0.717) is 22.5 Å². The highest BCUT2D eigenvalue weighted by atomic mass is 16.5. The van der Waals surface area contributed by atoms with E-state index in [-0.39, 0.29) is 30.2 Å². The fraction of sp³-hybridized carbons (Fsp3) is 0.526. The van der Waals surface area contributed by atoms with Gasteiger partial charge in [0.2, 0.25) is 12.3 Å². The molecule has 2 rings (SSSR count). The van der Waals surface area contributed by atoms with Crippen molar-refractivity contribution in [3.8, 4) is 0 Å². The van der Waals surface area contributed by atoms with Crippen molar-refractivity contribution in [2.45, 2.75) is 47.0 Å². The van der Waals surface area contributed by atoms with Crippen molar-refractivity contribution in [3.63, 3.8) is 0 Å². The van der Waals surface area contributed by atoms with Gasteiger partial charge in [-0.05, 0) is 42.9 Å². The minimum atomic E-state index is -0.579. The number of carbonyl (C=O) groups is 2. The fourth-order valence-corrected chi connectivity index (χ4v) is 2.63. The number of aryl methyl sites for hydroxylation is 1. The summed E-state index contributed by atoms with van der Waals surface area (Å²) in [6, 6.07) is 5.62. The molecule has 0 saturated carbocycles. The first kappa shape index (κ1) is 21.5. The van der Waals surface area contributed by atoms with Crippen molar-refractivity contribution >= 4 is 29.3 Å². The molecule has 0 aliphatic carbocycles. The predicted molar refractivity (Wildman–Crippen MR) is 105 cm³/mol. The molecule has 0 spiro atoms. The summed E-state index contributed by atoms with van der Waals surface area (Å²) in [4.78, 5) is 27.6. The van der Waals surface area contributed by atoms with Crippen molar-refractivity contribution in [1.29, 1.82) is 0 Å². The van der Waals surface area contributed by atoms with Crippen LogP contribution in [-0.2, 0) is 9.59 Å². The van der Waals surface area contributed by atoms with E-state index in [9.17, 15) is 14.8 Å². The van der Waals surface area contributed by atoms with E-state index >= 15 is 0 Å². The van der Waals surface area contributed by atoms with Crippen LogP contribution in [0.1, 0.15) is 45.6 Å². The molecule has 1 unspecified atom stereocenters. The average Bonchev–Trinajstić information content (AvgIpc) is 2.68. The highest BCUT2D eigenvalue weighted by Gasteiger charge is 2.25. The number of hydrogen-bond donors (Lipinski definition) is 3. The summed E-state index contributed by atoms with van der Waals surface area (Å²) in [5.74, 6) is -0.779. The van der Waals surface area contributed by atoms with E-state index < -0.39 is 5.92 Å². The smallest absolute Gasteiger partial charge is 0.262 e. The van der Waals surface area contributed by atoms with Gasteiger partial charge in [0.25, 0.3) is 5.95 Å². The Balaban J connectivity index is 2.03. The molecule has 152 valence electrons. The minimum Gasteiger partial charge on any atom is -0.286 e. The molecular weight excluding hydrogens is 360 g/mol. The lowest BCUT2D eigenvalue weighted by molar-refractivity contribution is -0.154. The van der Waals surface area contributed by atoms with E-state index in [2.05, 4.69) is 46.8 Å². The molecule has 28 heavy (non-hydrogen) atoms. The van der Waals surface area contributed by atoms with Crippen molar-refractivity contribution in [2.24, 2.45) is 11.3 Å². The van der Waals surface area contributed by atoms with Crippen molar-refractivity contribution < 1.29 is 14.8 Å². The first-order valence-electron chi connectivity index (χ1n) is 9.32. The zero-order valence-electron chi connectivity index (χ0n) is 16.8. The summed E-state index contributed by atoms with van der Waals surface area (Å²) >= 11 is 0. The third-order valence-corrected chi connectivity index (χ3v) is 4.93. The molecule has 0 radical (unpaired) electrons. The Morgan fingerprint density at radius 1 is 1.32 bits per heavy atom. The lowest BCUT2D eigenvalue weighted by Gasteiger charge is -2.26. The molecule has 0 saturated heterocycles. The number of benzene rings is 1. The van der Waals surface area contributed by atoms with Crippen LogP contribution in [0, 0.1) is 18.3 Å². The maximum Gasteiger partial charge on any atom is 0.262 e. The Morgan fingerprint density at radius 2 is 2.07 bits per heavy atom. The third-order valence-electron chi connectivity index (χ3n) is 4.93. The SMILES string of the molecule is CCC(C)(C)CCC(CN(O)C=O)C(=O)NNc1nnc2cc(C)ccc2n1. The van der Waals surface area contributed by atoms with Gasteiger partial charge in [0, 0.05) is 0 Å². The zero-order chi connectivity index (χ0) is 20.7. The number of nitrogens with zero attached hydrogens (tertiary/aromatic N) is 4. The number of hydrogen-bond acceptors (Lipinski definition) is 7. The quantitative estimate of drug-likeness (QED) is 0.325. The molecule has 0 aliphatic rings. The molecule has 1 aromatic heterocycles. The summed E-state index contributed by atoms with van der Waals surface area (Å²) in [5.41, 5.74) is 7.65. The van der Waals surface area contributed by atoms with Crippen LogP contribution in [-0.4, -0.2) is 44.3 Å². The standard InChI is InChI=1S/C19H28N6O3/c1-5-19(3,4)9-8-14(11-25(28)12-26)17(27)22-24-18-20-15-7-6-13(2)10-16(15)21-23-18/h6-7,10,12,14,28H,5,8-9,11H2,1-4H3,(H,22,27)(H,20,23,24). The van der Waals surface area contributed by atoms with Crippen LogP contribution in [0.3, 0.4) is 0 Å². The largest absolute Gasteiger partial charge is 0.286 e. The maximum absolute atomic E-state index is 12.6. The molecule has 0 bridgehead atoms. The second-order valence-electron chi connectivity index (χ2n) is 7.72. The Kier molecular flexibility index (Phi) is 7.22. The number of fused-ring (bicyclic) bond motifs is 1. The molecule has 0 fully saturated rings. The van der Waals surface area contributed by atoms with Gasteiger partial charge < -0.3 is 0 Å². The van der Waals surface area contributed by atoms with Crippen LogP contribution in [0.2, 0.25) is 0 Å². The monoisotopic (exact) mass is 388 g/mol. The first-order valence-corrected chi connectivity index (χ1v) is 9.32. The van der Waals surface area contributed by atoms with E-state index in [0.717, 1.165) is 18.4 Å². The van der Waals surface area contributed by atoms with Crippen molar-refractivity contribution in [3.05, 3.63) is 23.8 Å². The van der Waals surface area contributed by atoms with Gasteiger partial charge in [-0.2, -0.15) is 0 Å². The first-order chi connectivity index (χ1) is 13.2. The Bertz CT molecular complexity index is 826. The number of aromatic nitrogens is 3. The minimum absolute atomic E-state index is 0.0664. The Labute approximate surface area is 164 Å². The number of amides is 2. The van der Waals surface area contributed by atoms with Crippen LogP contribution >= 0.6 is 0 Å². The number of hydroxylamine groups is 2. The van der Waals surface area contributed by atoms with Gasteiger partial charge in [0.1, 0.15) is 5.52 Å². The van der Waals surface area contributed by atoms with Crippen molar-refractivity contribution in [2.75, 3.05) is 12.0 Å². The summed E-state index contributed by atoms with van der Waals surface area (Å²) < 4.78 is 0.